The summed E-state index contributed by atoms with van der Waals surface area (Å²) >= 11 is 4.99. The molecule has 1 saturated carbocycles. The smallest absolute Gasteiger partial charge is 0.258 e. The predicted molar refractivity (Wildman–Crippen MR) is 119 cm³/mol. The van der Waals surface area contributed by atoms with E-state index in [9.17, 15) is 4.79 Å². The van der Waals surface area contributed by atoms with E-state index in [0.29, 0.717) is 16.0 Å². The van der Waals surface area contributed by atoms with Gasteiger partial charge in [-0.25, -0.2) is 4.98 Å². The highest BCUT2D eigenvalue weighted by Crippen LogP contribution is 2.36. The van der Waals surface area contributed by atoms with Crippen molar-refractivity contribution in [1.29, 1.82) is 0 Å². The van der Waals surface area contributed by atoms with Crippen LogP contribution in [-0.4, -0.2) is 36.9 Å². The molecule has 9 heteroatoms. The molecular weight excluding hydrogens is 456 g/mol. The van der Waals surface area contributed by atoms with Crippen molar-refractivity contribution in [3.63, 3.8) is 0 Å². The fourth-order valence-corrected chi connectivity index (χ4v) is 4.39. The SMILES string of the molecule is COc1cc(C=NNc2nc(C)cs2)cc(Br)c1OCC(=O)NC1CCCCC1. The molecule has 7 nitrogen and oxygen atoms in total. The quantitative estimate of drug-likeness (QED) is 0.429. The van der Waals surface area contributed by atoms with Crippen LogP contribution in [0.4, 0.5) is 5.13 Å². The second-order valence-electron chi connectivity index (χ2n) is 6.89. The van der Waals surface area contributed by atoms with Gasteiger partial charge < -0.3 is 14.8 Å². The van der Waals surface area contributed by atoms with E-state index in [1.165, 1.54) is 30.6 Å². The Hall–Kier alpha value is -2.13. The van der Waals surface area contributed by atoms with Gasteiger partial charge in [-0.05, 0) is 53.4 Å². The molecule has 29 heavy (non-hydrogen) atoms. The summed E-state index contributed by atoms with van der Waals surface area (Å²) in [4.78, 5) is 16.5. The molecule has 1 fully saturated rings. The van der Waals surface area contributed by atoms with Gasteiger partial charge >= 0.3 is 0 Å². The zero-order valence-electron chi connectivity index (χ0n) is 16.5. The highest BCUT2D eigenvalue weighted by atomic mass is 79.9. The number of ether oxygens (including phenoxy) is 2. The number of rotatable bonds is 8. The third-order valence-electron chi connectivity index (χ3n) is 4.56. The van der Waals surface area contributed by atoms with E-state index >= 15 is 0 Å². The van der Waals surface area contributed by atoms with Crippen molar-refractivity contribution in [2.45, 2.75) is 45.1 Å². The number of aryl methyl sites for hydroxylation is 1. The zero-order valence-corrected chi connectivity index (χ0v) is 18.9. The van der Waals surface area contributed by atoms with Gasteiger partial charge in [-0.1, -0.05) is 19.3 Å². The van der Waals surface area contributed by atoms with Gasteiger partial charge in [-0.15, -0.1) is 11.3 Å². The third-order valence-corrected chi connectivity index (χ3v) is 6.02. The van der Waals surface area contributed by atoms with Crippen molar-refractivity contribution in [2.75, 3.05) is 19.1 Å². The first-order valence-electron chi connectivity index (χ1n) is 9.56. The maximum absolute atomic E-state index is 12.2. The van der Waals surface area contributed by atoms with Crippen LogP contribution in [0.2, 0.25) is 0 Å². The molecule has 1 heterocycles. The second kappa shape index (κ2) is 10.6. The molecule has 2 N–H and O–H groups in total. The van der Waals surface area contributed by atoms with Crippen molar-refractivity contribution in [3.05, 3.63) is 33.2 Å². The van der Waals surface area contributed by atoms with Gasteiger partial charge in [0.15, 0.2) is 18.1 Å². The summed E-state index contributed by atoms with van der Waals surface area (Å²) in [6.45, 7) is 1.88. The number of nitrogens with one attached hydrogen (secondary N) is 2. The molecule has 156 valence electrons. The summed E-state index contributed by atoms with van der Waals surface area (Å²) in [5.74, 6) is 0.905. The number of halogens is 1. The Morgan fingerprint density at radius 2 is 2.17 bits per heavy atom. The Morgan fingerprint density at radius 1 is 1.38 bits per heavy atom. The number of anilines is 1. The molecule has 1 aliphatic carbocycles. The lowest BCUT2D eigenvalue weighted by Gasteiger charge is -2.23. The van der Waals surface area contributed by atoms with E-state index < -0.39 is 0 Å². The summed E-state index contributed by atoms with van der Waals surface area (Å²) < 4.78 is 11.9. The van der Waals surface area contributed by atoms with Crippen molar-refractivity contribution in [1.82, 2.24) is 10.3 Å². The largest absolute Gasteiger partial charge is 0.493 e. The summed E-state index contributed by atoms with van der Waals surface area (Å²) in [5.41, 5.74) is 4.66. The lowest BCUT2D eigenvalue weighted by molar-refractivity contribution is -0.124. The minimum absolute atomic E-state index is 0.0517. The normalized spacial score (nSPS) is 14.7. The highest BCUT2D eigenvalue weighted by Gasteiger charge is 2.17. The van der Waals surface area contributed by atoms with Crippen LogP contribution in [0, 0.1) is 6.92 Å². The molecule has 0 saturated heterocycles. The fourth-order valence-electron chi connectivity index (χ4n) is 3.18. The number of hydrazone groups is 1. The van der Waals surface area contributed by atoms with Crippen molar-refractivity contribution in [3.8, 4) is 11.5 Å². The number of hydrogen-bond donors (Lipinski definition) is 2. The summed E-state index contributed by atoms with van der Waals surface area (Å²) in [6, 6.07) is 3.92. The van der Waals surface area contributed by atoms with E-state index in [1.54, 1.807) is 19.4 Å². The van der Waals surface area contributed by atoms with Gasteiger partial charge in [-0.2, -0.15) is 5.10 Å². The number of amides is 1. The molecule has 1 aliphatic rings. The fraction of sp³-hybridized carbons (Fsp3) is 0.450. The first kappa shape index (κ1) is 21.6. The molecule has 0 spiro atoms. The van der Waals surface area contributed by atoms with Gasteiger partial charge in [0.05, 0.1) is 23.5 Å². The molecular formula is C20H25BrN4O3S. The van der Waals surface area contributed by atoms with Gasteiger partial charge in [0.25, 0.3) is 5.91 Å². The van der Waals surface area contributed by atoms with E-state index in [2.05, 4.69) is 36.8 Å². The second-order valence-corrected chi connectivity index (χ2v) is 8.60. The Balaban J connectivity index is 1.59. The van der Waals surface area contributed by atoms with E-state index in [0.717, 1.165) is 29.2 Å². The van der Waals surface area contributed by atoms with Crippen molar-refractivity contribution in [2.24, 2.45) is 5.10 Å². The first-order valence-corrected chi connectivity index (χ1v) is 11.2. The number of benzene rings is 1. The number of nitrogens with zero attached hydrogens (tertiary/aromatic N) is 2. The highest BCUT2D eigenvalue weighted by molar-refractivity contribution is 9.10. The number of aromatic nitrogens is 1. The molecule has 1 aromatic heterocycles. The van der Waals surface area contributed by atoms with Crippen LogP contribution in [0.3, 0.4) is 0 Å². The minimum atomic E-state index is -0.112. The number of hydrogen-bond acceptors (Lipinski definition) is 7. The van der Waals surface area contributed by atoms with Crippen LogP contribution in [0.1, 0.15) is 43.4 Å². The lowest BCUT2D eigenvalue weighted by atomic mass is 9.95. The monoisotopic (exact) mass is 480 g/mol. The predicted octanol–water partition coefficient (Wildman–Crippen LogP) is 4.50. The van der Waals surface area contributed by atoms with E-state index in [-0.39, 0.29) is 18.6 Å². The molecule has 0 bridgehead atoms. The topological polar surface area (TPSA) is 84.8 Å². The van der Waals surface area contributed by atoms with Gasteiger partial charge in [0, 0.05) is 11.4 Å². The lowest BCUT2D eigenvalue weighted by Crippen LogP contribution is -2.39. The molecule has 0 atom stereocenters. The van der Waals surface area contributed by atoms with E-state index in [4.69, 9.17) is 9.47 Å². The van der Waals surface area contributed by atoms with Crippen LogP contribution >= 0.6 is 27.3 Å². The first-order chi connectivity index (χ1) is 14.0. The van der Waals surface area contributed by atoms with Crippen LogP contribution in [0.15, 0.2) is 27.1 Å². The van der Waals surface area contributed by atoms with Gasteiger partial charge in [0.1, 0.15) is 0 Å². The van der Waals surface area contributed by atoms with Crippen LogP contribution in [-0.2, 0) is 4.79 Å². The van der Waals surface area contributed by atoms with E-state index in [1.807, 2.05) is 18.4 Å². The molecule has 1 amide bonds. The summed E-state index contributed by atoms with van der Waals surface area (Å²) in [5, 5.41) is 9.93. The van der Waals surface area contributed by atoms with Crippen LogP contribution in [0.5, 0.6) is 11.5 Å². The average Bonchev–Trinajstić information content (AvgIpc) is 3.12. The number of carbonyl (C=O) groups excluding carboxylic acids is 1. The Morgan fingerprint density at radius 3 is 2.86 bits per heavy atom. The minimum Gasteiger partial charge on any atom is -0.493 e. The van der Waals surface area contributed by atoms with Crippen molar-refractivity contribution < 1.29 is 14.3 Å². The third kappa shape index (κ3) is 6.43. The maximum Gasteiger partial charge on any atom is 0.258 e. The standard InChI is InChI=1S/C20H25BrN4O3S/c1-13-12-29-20(23-13)25-22-10-14-8-16(21)19(17(9-14)27-2)28-11-18(26)24-15-6-4-3-5-7-15/h8-10,12,15H,3-7,11H2,1-2H3,(H,23,25)(H,24,26). The zero-order chi connectivity index (χ0) is 20.6. The molecule has 2 aromatic rings. The molecule has 0 unspecified atom stereocenters. The van der Waals surface area contributed by atoms with Crippen LogP contribution < -0.4 is 20.2 Å². The average molecular weight is 481 g/mol. The van der Waals surface area contributed by atoms with Gasteiger partial charge in [0.2, 0.25) is 5.13 Å². The number of methoxy groups -OCH3 is 1. The molecule has 0 aliphatic heterocycles. The Bertz CT molecular complexity index is 865. The molecule has 0 radical (unpaired) electrons. The summed E-state index contributed by atoms with van der Waals surface area (Å²) in [6.07, 6.45) is 7.35. The Labute approximate surface area is 183 Å². The number of carbonyl (C=O) groups is 1. The van der Waals surface area contributed by atoms with Crippen LogP contribution in [0.25, 0.3) is 0 Å². The Kier molecular flexibility index (Phi) is 7.88. The maximum atomic E-state index is 12.2. The summed E-state index contributed by atoms with van der Waals surface area (Å²) in [7, 11) is 1.56. The molecule has 3 rings (SSSR count). The van der Waals surface area contributed by atoms with Crippen molar-refractivity contribution >= 4 is 44.5 Å². The number of thiazole rings is 1. The molecule has 1 aromatic carbocycles. The van der Waals surface area contributed by atoms with Gasteiger partial charge in [-0.3, -0.25) is 10.2 Å².